The van der Waals surface area contributed by atoms with Crippen molar-refractivity contribution >= 4 is 17.4 Å². The van der Waals surface area contributed by atoms with Crippen molar-refractivity contribution in [3.05, 3.63) is 39.5 Å². The number of aliphatic hydroxyl groups is 3. The van der Waals surface area contributed by atoms with Crippen molar-refractivity contribution in [1.82, 2.24) is 4.98 Å². The molecule has 2 rings (SSSR count). The number of aromatic amines is 1. The van der Waals surface area contributed by atoms with E-state index in [0.717, 1.165) is 12.8 Å². The minimum Gasteiger partial charge on any atom is -0.392 e. The van der Waals surface area contributed by atoms with E-state index in [4.69, 9.17) is 11.6 Å². The summed E-state index contributed by atoms with van der Waals surface area (Å²) >= 11 is 6.39. The highest BCUT2D eigenvalue weighted by Crippen LogP contribution is 2.40. The van der Waals surface area contributed by atoms with Crippen LogP contribution in [0.25, 0.3) is 11.1 Å². The van der Waals surface area contributed by atoms with E-state index >= 15 is 0 Å². The quantitative estimate of drug-likeness (QED) is 0.463. The first-order valence-corrected chi connectivity index (χ1v) is 8.52. The van der Waals surface area contributed by atoms with E-state index < -0.39 is 0 Å². The molecule has 0 radical (unpaired) electrons. The molecule has 0 saturated heterocycles. The first kappa shape index (κ1) is 19.3. The van der Waals surface area contributed by atoms with Crippen LogP contribution in [-0.2, 0) is 19.8 Å². The van der Waals surface area contributed by atoms with Crippen LogP contribution in [0.15, 0.2) is 12.1 Å². The molecule has 0 bridgehead atoms. The fraction of sp³-hybridized carbons (Fsp3) is 0.389. The minimum atomic E-state index is -0.323. The van der Waals surface area contributed by atoms with Gasteiger partial charge in [-0.05, 0) is 28.7 Å². The highest BCUT2D eigenvalue weighted by atomic mass is 35.5. The normalized spacial score (nSPS) is 10.7. The van der Waals surface area contributed by atoms with Crippen LogP contribution in [0.2, 0.25) is 5.02 Å². The van der Waals surface area contributed by atoms with Crippen molar-refractivity contribution in [3.8, 4) is 17.2 Å². The van der Waals surface area contributed by atoms with E-state index in [-0.39, 0.29) is 30.5 Å². The molecule has 7 heteroatoms. The number of nitrogens with zero attached hydrogens (tertiary/aromatic N) is 1. The standard InChI is InChI=1S/C18H22ClN3O3/c1-2-3-6-21-18-16(17(19)15(7-20)22-18)12-5-4-11(8-23)13(9-24)14(12)10-25/h4-5,21-25H,2-3,6,8-10H2,1H3. The van der Waals surface area contributed by atoms with Gasteiger partial charge in [-0.25, -0.2) is 0 Å². The summed E-state index contributed by atoms with van der Waals surface area (Å²) in [6, 6.07) is 5.44. The number of H-pyrrole nitrogens is 1. The zero-order chi connectivity index (χ0) is 18.4. The number of nitriles is 1. The van der Waals surface area contributed by atoms with E-state index in [1.165, 1.54) is 0 Å². The molecule has 0 fully saturated rings. The topological polar surface area (TPSA) is 112 Å². The van der Waals surface area contributed by atoms with Gasteiger partial charge in [-0.1, -0.05) is 37.1 Å². The third-order valence-corrected chi connectivity index (χ3v) is 4.54. The molecular weight excluding hydrogens is 342 g/mol. The van der Waals surface area contributed by atoms with E-state index in [2.05, 4.69) is 17.2 Å². The number of halogens is 1. The van der Waals surface area contributed by atoms with Crippen LogP contribution in [0.5, 0.6) is 0 Å². The van der Waals surface area contributed by atoms with Crippen LogP contribution in [0, 0.1) is 11.3 Å². The molecule has 0 amide bonds. The molecule has 1 aromatic carbocycles. The van der Waals surface area contributed by atoms with Gasteiger partial charge in [0.25, 0.3) is 0 Å². The van der Waals surface area contributed by atoms with Crippen molar-refractivity contribution in [1.29, 1.82) is 5.26 Å². The van der Waals surface area contributed by atoms with Crippen LogP contribution >= 0.6 is 11.6 Å². The second kappa shape index (κ2) is 8.88. The summed E-state index contributed by atoms with van der Waals surface area (Å²) < 4.78 is 0. The Morgan fingerprint density at radius 1 is 1.16 bits per heavy atom. The minimum absolute atomic E-state index is 0.233. The number of rotatable bonds is 8. The lowest BCUT2D eigenvalue weighted by molar-refractivity contribution is 0.248. The lowest BCUT2D eigenvalue weighted by Crippen LogP contribution is -2.05. The van der Waals surface area contributed by atoms with Crippen LogP contribution in [0.4, 0.5) is 5.82 Å². The fourth-order valence-electron chi connectivity index (χ4n) is 2.83. The molecule has 6 nitrogen and oxygen atoms in total. The number of hydrogen-bond acceptors (Lipinski definition) is 5. The first-order valence-electron chi connectivity index (χ1n) is 8.14. The second-order valence-corrected chi connectivity index (χ2v) is 6.04. The van der Waals surface area contributed by atoms with Gasteiger partial charge in [-0.3, -0.25) is 0 Å². The van der Waals surface area contributed by atoms with Crippen LogP contribution in [0.3, 0.4) is 0 Å². The molecule has 0 unspecified atom stereocenters. The predicted molar refractivity (Wildman–Crippen MR) is 97.1 cm³/mol. The van der Waals surface area contributed by atoms with E-state index in [1.54, 1.807) is 12.1 Å². The van der Waals surface area contributed by atoms with Gasteiger partial charge in [0.1, 0.15) is 17.6 Å². The summed E-state index contributed by atoms with van der Waals surface area (Å²) in [6.45, 7) is 1.91. The van der Waals surface area contributed by atoms with Crippen LogP contribution in [0.1, 0.15) is 42.1 Å². The van der Waals surface area contributed by atoms with Crippen molar-refractivity contribution in [2.45, 2.75) is 39.6 Å². The summed E-state index contributed by atoms with van der Waals surface area (Å²) in [5.41, 5.74) is 2.93. The van der Waals surface area contributed by atoms with Gasteiger partial charge in [0, 0.05) is 12.1 Å². The smallest absolute Gasteiger partial charge is 0.138 e. The second-order valence-electron chi connectivity index (χ2n) is 5.66. The van der Waals surface area contributed by atoms with Gasteiger partial charge in [-0.2, -0.15) is 5.26 Å². The van der Waals surface area contributed by atoms with Crippen LogP contribution < -0.4 is 5.32 Å². The van der Waals surface area contributed by atoms with E-state index in [9.17, 15) is 20.6 Å². The zero-order valence-electron chi connectivity index (χ0n) is 14.1. The Balaban J connectivity index is 2.64. The molecule has 0 spiro atoms. The molecule has 0 aliphatic carbocycles. The summed E-state index contributed by atoms with van der Waals surface area (Å²) in [4.78, 5) is 2.98. The van der Waals surface area contributed by atoms with Gasteiger partial charge in [-0.15, -0.1) is 0 Å². The van der Waals surface area contributed by atoms with Crippen molar-refractivity contribution in [2.75, 3.05) is 11.9 Å². The number of hydrogen-bond donors (Lipinski definition) is 5. The average Bonchev–Trinajstić information content (AvgIpc) is 2.95. The van der Waals surface area contributed by atoms with Crippen LogP contribution in [-0.4, -0.2) is 26.8 Å². The number of benzene rings is 1. The molecule has 2 aromatic rings. The Morgan fingerprint density at radius 3 is 2.44 bits per heavy atom. The molecule has 25 heavy (non-hydrogen) atoms. The van der Waals surface area contributed by atoms with Gasteiger partial charge >= 0.3 is 0 Å². The molecule has 0 atom stereocenters. The molecule has 0 saturated carbocycles. The van der Waals surface area contributed by atoms with Gasteiger partial charge in [0.15, 0.2) is 0 Å². The molecule has 1 heterocycles. The SMILES string of the molecule is CCCCNc1[nH]c(C#N)c(Cl)c1-c1ccc(CO)c(CO)c1CO. The number of unbranched alkanes of at least 4 members (excludes halogenated alkanes) is 1. The maximum absolute atomic E-state index is 9.84. The Bertz CT molecular complexity index is 781. The van der Waals surface area contributed by atoms with Gasteiger partial charge in [0.05, 0.1) is 24.8 Å². The summed E-state index contributed by atoms with van der Waals surface area (Å²) in [5, 5.41) is 41.7. The third-order valence-electron chi connectivity index (χ3n) is 4.17. The molecule has 0 aliphatic rings. The van der Waals surface area contributed by atoms with Crippen molar-refractivity contribution < 1.29 is 15.3 Å². The summed E-state index contributed by atoms with van der Waals surface area (Å²) in [5.74, 6) is 0.602. The highest BCUT2D eigenvalue weighted by Gasteiger charge is 2.22. The Hall–Kier alpha value is -2.04. The largest absolute Gasteiger partial charge is 0.392 e. The molecular formula is C18H22ClN3O3. The average molecular weight is 364 g/mol. The molecule has 134 valence electrons. The van der Waals surface area contributed by atoms with Gasteiger partial charge in [0.2, 0.25) is 0 Å². The Labute approximate surface area is 151 Å². The van der Waals surface area contributed by atoms with Gasteiger partial charge < -0.3 is 25.6 Å². The number of anilines is 1. The predicted octanol–water partition coefficient (Wildman–Crippen LogP) is 2.90. The lowest BCUT2D eigenvalue weighted by Gasteiger charge is -2.16. The summed E-state index contributed by atoms with van der Waals surface area (Å²) in [6.07, 6.45) is 1.97. The van der Waals surface area contributed by atoms with E-state index in [1.807, 2.05) is 6.07 Å². The highest BCUT2D eigenvalue weighted by molar-refractivity contribution is 6.35. The fourth-order valence-corrected chi connectivity index (χ4v) is 3.12. The molecule has 5 N–H and O–H groups in total. The molecule has 0 aliphatic heterocycles. The summed E-state index contributed by atoms with van der Waals surface area (Å²) in [7, 11) is 0. The Morgan fingerprint density at radius 2 is 1.88 bits per heavy atom. The number of nitrogens with one attached hydrogen (secondary N) is 2. The van der Waals surface area contributed by atoms with E-state index in [0.29, 0.717) is 40.2 Å². The van der Waals surface area contributed by atoms with Crippen molar-refractivity contribution in [3.63, 3.8) is 0 Å². The lowest BCUT2D eigenvalue weighted by atomic mass is 9.93. The number of aromatic nitrogens is 1. The maximum Gasteiger partial charge on any atom is 0.138 e. The first-order chi connectivity index (χ1) is 12.1. The Kier molecular flexibility index (Phi) is 6.85. The maximum atomic E-state index is 9.84. The number of aliphatic hydroxyl groups excluding tert-OH is 3. The molecule has 1 aromatic heterocycles. The van der Waals surface area contributed by atoms with Crippen molar-refractivity contribution in [2.24, 2.45) is 0 Å². The zero-order valence-corrected chi connectivity index (χ0v) is 14.8. The monoisotopic (exact) mass is 363 g/mol. The third kappa shape index (κ3) is 3.80.